The molecule has 0 saturated heterocycles. The summed E-state index contributed by atoms with van der Waals surface area (Å²) in [5, 5.41) is 0. The third kappa shape index (κ3) is 42.8. The molecule has 0 amide bonds. The van der Waals surface area contributed by atoms with Crippen LogP contribution in [0, 0.1) is 0 Å². The van der Waals surface area contributed by atoms with Gasteiger partial charge in [0.2, 0.25) is 0 Å². The van der Waals surface area contributed by atoms with Gasteiger partial charge in [0.25, 0.3) is 0 Å². The van der Waals surface area contributed by atoms with Crippen molar-refractivity contribution in [2.75, 3.05) is 13.2 Å². The van der Waals surface area contributed by atoms with E-state index in [4.69, 9.17) is 14.2 Å². The highest BCUT2D eigenvalue weighted by Gasteiger charge is 2.19. The molecule has 0 aromatic carbocycles. The van der Waals surface area contributed by atoms with E-state index in [9.17, 15) is 14.4 Å². The van der Waals surface area contributed by atoms with Crippen molar-refractivity contribution in [2.45, 2.75) is 252 Å². The number of rotatable bonds is 43. The molecule has 6 nitrogen and oxygen atoms in total. The summed E-state index contributed by atoms with van der Waals surface area (Å²) in [5.74, 6) is -0.917. The Labute approximate surface area is 346 Å². The Morgan fingerprint density at radius 2 is 0.643 bits per heavy atom. The molecule has 0 fully saturated rings. The second kappa shape index (κ2) is 45.3. The fourth-order valence-electron chi connectivity index (χ4n) is 6.74. The van der Waals surface area contributed by atoms with E-state index >= 15 is 0 Å². The molecule has 0 aromatic heterocycles. The topological polar surface area (TPSA) is 78.9 Å². The predicted molar refractivity (Wildman–Crippen MR) is 238 cm³/mol. The van der Waals surface area contributed by atoms with Crippen LogP contribution in [0.3, 0.4) is 0 Å². The van der Waals surface area contributed by atoms with Crippen molar-refractivity contribution in [2.24, 2.45) is 0 Å². The van der Waals surface area contributed by atoms with E-state index in [0.29, 0.717) is 19.3 Å². The average Bonchev–Trinajstić information content (AvgIpc) is 3.19. The van der Waals surface area contributed by atoms with Crippen LogP contribution in [0.25, 0.3) is 0 Å². The lowest BCUT2D eigenvalue weighted by atomic mass is 10.0. The average molecular weight is 787 g/mol. The van der Waals surface area contributed by atoms with Crippen LogP contribution >= 0.6 is 0 Å². The minimum absolute atomic E-state index is 0.0808. The van der Waals surface area contributed by atoms with Gasteiger partial charge in [-0.3, -0.25) is 14.4 Å². The van der Waals surface area contributed by atoms with E-state index < -0.39 is 6.10 Å². The smallest absolute Gasteiger partial charge is 0.306 e. The number of esters is 3. The van der Waals surface area contributed by atoms with Crippen LogP contribution in [-0.4, -0.2) is 37.2 Å². The Balaban J connectivity index is 4.39. The maximum atomic E-state index is 12.7. The zero-order valence-electron chi connectivity index (χ0n) is 37.2. The van der Waals surface area contributed by atoms with Crippen LogP contribution in [0.4, 0.5) is 0 Å². The molecule has 56 heavy (non-hydrogen) atoms. The van der Waals surface area contributed by atoms with E-state index in [-0.39, 0.29) is 31.1 Å². The Hall–Kier alpha value is -2.37. The molecule has 0 unspecified atom stereocenters. The number of allylic oxidation sites excluding steroid dienone is 6. The summed E-state index contributed by atoms with van der Waals surface area (Å²) in [5.41, 5.74) is 0. The van der Waals surface area contributed by atoms with Crippen molar-refractivity contribution >= 4 is 17.9 Å². The molecule has 0 bridgehead atoms. The number of ether oxygens (including phenoxy) is 3. The third-order valence-electron chi connectivity index (χ3n) is 10.4. The highest BCUT2D eigenvalue weighted by atomic mass is 16.6. The SMILES string of the molecule is CCCCC/C=C\C/C=C\C/C=C\CCCCC(=O)OC[C@@H](COC(=O)CCCCCCCCCCC)OC(=O)CCCCCCCCCCCCCCCC. The molecule has 1 atom stereocenters. The number of unbranched alkanes of at least 4 members (excludes halogenated alkanes) is 26. The first-order chi connectivity index (χ1) is 27.5. The van der Waals surface area contributed by atoms with Gasteiger partial charge < -0.3 is 14.2 Å². The first-order valence-electron chi connectivity index (χ1n) is 24.0. The van der Waals surface area contributed by atoms with Gasteiger partial charge >= 0.3 is 17.9 Å². The Morgan fingerprint density at radius 3 is 1.04 bits per heavy atom. The molecule has 0 N–H and O–H groups in total. The van der Waals surface area contributed by atoms with Gasteiger partial charge in [0.05, 0.1) is 0 Å². The lowest BCUT2D eigenvalue weighted by molar-refractivity contribution is -0.167. The first-order valence-corrected chi connectivity index (χ1v) is 24.0. The monoisotopic (exact) mass is 787 g/mol. The Kier molecular flexibility index (Phi) is 43.4. The molecule has 0 rings (SSSR count). The minimum atomic E-state index is -0.780. The molecule has 6 heteroatoms. The summed E-state index contributed by atoms with van der Waals surface area (Å²) >= 11 is 0. The summed E-state index contributed by atoms with van der Waals surface area (Å²) < 4.78 is 16.7. The summed E-state index contributed by atoms with van der Waals surface area (Å²) in [6.07, 6.45) is 51.3. The number of hydrogen-bond acceptors (Lipinski definition) is 6. The van der Waals surface area contributed by atoms with Crippen LogP contribution in [0.5, 0.6) is 0 Å². The van der Waals surface area contributed by atoms with E-state index in [1.54, 1.807) is 0 Å². The zero-order valence-corrected chi connectivity index (χ0v) is 37.2. The van der Waals surface area contributed by atoms with Gasteiger partial charge in [-0.25, -0.2) is 0 Å². The normalized spacial score (nSPS) is 12.3. The van der Waals surface area contributed by atoms with Gasteiger partial charge in [-0.2, -0.15) is 0 Å². The lowest BCUT2D eigenvalue weighted by Gasteiger charge is -2.18. The second-order valence-electron chi connectivity index (χ2n) is 16.0. The van der Waals surface area contributed by atoms with Gasteiger partial charge in [0.15, 0.2) is 6.10 Å². The van der Waals surface area contributed by atoms with Gasteiger partial charge in [0, 0.05) is 19.3 Å². The van der Waals surface area contributed by atoms with Crippen molar-refractivity contribution in [3.05, 3.63) is 36.5 Å². The molecule has 0 saturated carbocycles. The molecular formula is C50H90O6. The van der Waals surface area contributed by atoms with Crippen LogP contribution in [0.15, 0.2) is 36.5 Å². The Bertz CT molecular complexity index is 953. The van der Waals surface area contributed by atoms with Crippen LogP contribution < -0.4 is 0 Å². The maximum absolute atomic E-state index is 12.7. The summed E-state index contributed by atoms with van der Waals surface area (Å²) in [7, 11) is 0. The number of carbonyl (C=O) groups excluding carboxylic acids is 3. The molecule has 0 aromatic rings. The number of carbonyl (C=O) groups is 3. The molecular weight excluding hydrogens is 697 g/mol. The summed E-state index contributed by atoms with van der Waals surface area (Å²) in [6, 6.07) is 0. The highest BCUT2D eigenvalue weighted by molar-refractivity contribution is 5.71. The summed E-state index contributed by atoms with van der Waals surface area (Å²) in [4.78, 5) is 37.7. The second-order valence-corrected chi connectivity index (χ2v) is 16.0. The maximum Gasteiger partial charge on any atom is 0.306 e. The van der Waals surface area contributed by atoms with Gasteiger partial charge in [0.1, 0.15) is 13.2 Å². The van der Waals surface area contributed by atoms with Crippen molar-refractivity contribution in [3.8, 4) is 0 Å². The fraction of sp³-hybridized carbons (Fsp3) is 0.820. The van der Waals surface area contributed by atoms with Crippen molar-refractivity contribution < 1.29 is 28.6 Å². The fourth-order valence-corrected chi connectivity index (χ4v) is 6.74. The molecule has 0 radical (unpaired) electrons. The zero-order chi connectivity index (χ0) is 40.8. The third-order valence-corrected chi connectivity index (χ3v) is 10.4. The van der Waals surface area contributed by atoms with Crippen LogP contribution in [0.2, 0.25) is 0 Å². The van der Waals surface area contributed by atoms with E-state index in [1.165, 1.54) is 135 Å². The molecule has 0 spiro atoms. The van der Waals surface area contributed by atoms with Crippen molar-refractivity contribution in [3.63, 3.8) is 0 Å². The standard InChI is InChI=1S/C50H90O6/c1-4-7-10-13-16-19-21-23-25-27-28-31-34-37-40-43-49(52)55-46-47(45-54-48(51)42-39-36-33-30-18-15-12-9-6-3)56-50(53)44-41-38-35-32-29-26-24-22-20-17-14-11-8-5-2/h16,19,23,25,28,31,47H,4-15,17-18,20-22,24,26-27,29-30,32-46H2,1-3H3/b19-16-,25-23-,31-28-/t47-/m1/s1. The number of hydrogen-bond donors (Lipinski definition) is 0. The van der Waals surface area contributed by atoms with Gasteiger partial charge in [-0.1, -0.05) is 205 Å². The van der Waals surface area contributed by atoms with E-state index in [1.807, 2.05) is 0 Å². The molecule has 326 valence electrons. The molecule has 0 aliphatic heterocycles. The molecule has 0 aliphatic rings. The van der Waals surface area contributed by atoms with Crippen LogP contribution in [-0.2, 0) is 28.6 Å². The van der Waals surface area contributed by atoms with E-state index in [0.717, 1.165) is 70.6 Å². The van der Waals surface area contributed by atoms with Crippen LogP contribution in [0.1, 0.15) is 245 Å². The first kappa shape index (κ1) is 53.6. The minimum Gasteiger partial charge on any atom is -0.462 e. The molecule has 0 aliphatic carbocycles. The van der Waals surface area contributed by atoms with Gasteiger partial charge in [-0.15, -0.1) is 0 Å². The van der Waals surface area contributed by atoms with Crippen molar-refractivity contribution in [1.82, 2.24) is 0 Å². The largest absolute Gasteiger partial charge is 0.462 e. The summed E-state index contributed by atoms with van der Waals surface area (Å²) in [6.45, 7) is 6.56. The van der Waals surface area contributed by atoms with Crippen molar-refractivity contribution in [1.29, 1.82) is 0 Å². The molecule has 0 heterocycles. The predicted octanol–water partition coefficient (Wildman–Crippen LogP) is 15.4. The van der Waals surface area contributed by atoms with E-state index in [2.05, 4.69) is 57.2 Å². The lowest BCUT2D eigenvalue weighted by Crippen LogP contribution is -2.30. The highest BCUT2D eigenvalue weighted by Crippen LogP contribution is 2.15. The quantitative estimate of drug-likeness (QED) is 0.0265. The Morgan fingerprint density at radius 1 is 0.357 bits per heavy atom. The van der Waals surface area contributed by atoms with Gasteiger partial charge in [-0.05, 0) is 57.8 Å².